The molecule has 9 heteroatoms. The highest BCUT2D eigenvalue weighted by molar-refractivity contribution is 7.13. The van der Waals surface area contributed by atoms with E-state index in [1.165, 1.54) is 22.1 Å². The fraction of sp³-hybridized carbons (Fsp3) is 0.200. The molecule has 0 unspecified atom stereocenters. The van der Waals surface area contributed by atoms with Gasteiger partial charge in [-0.3, -0.25) is 14.6 Å². The molecule has 0 aliphatic heterocycles. The summed E-state index contributed by atoms with van der Waals surface area (Å²) in [6.07, 6.45) is 1.84. The van der Waals surface area contributed by atoms with Crippen LogP contribution < -0.4 is 10.9 Å². The van der Waals surface area contributed by atoms with E-state index in [-0.39, 0.29) is 23.8 Å². The van der Waals surface area contributed by atoms with Crippen LogP contribution in [0.15, 0.2) is 52.0 Å². The molecule has 4 rings (SSSR count). The molecule has 148 valence electrons. The normalized spacial score (nSPS) is 10.9. The standard InChI is InChI=1S/C20H19N5O2S2/c1-2-5-13-10-18(26)23-20(21-13)25-17(12-15(24-25)16-7-4-9-29-16)22-19(27)11-14-6-3-8-28-14/h3-4,6-10,12H,2,5,11H2,1H3,(H,22,27)(H,21,23,26). The van der Waals surface area contributed by atoms with Crippen LogP contribution in [0.25, 0.3) is 16.5 Å². The fourth-order valence-electron chi connectivity index (χ4n) is 2.91. The molecular formula is C20H19N5O2S2. The van der Waals surface area contributed by atoms with Crippen molar-refractivity contribution in [3.63, 3.8) is 0 Å². The van der Waals surface area contributed by atoms with Gasteiger partial charge in [0, 0.05) is 22.7 Å². The third kappa shape index (κ3) is 4.52. The Morgan fingerprint density at radius 2 is 2.03 bits per heavy atom. The minimum atomic E-state index is -0.248. The Morgan fingerprint density at radius 1 is 1.21 bits per heavy atom. The quantitative estimate of drug-likeness (QED) is 0.470. The summed E-state index contributed by atoms with van der Waals surface area (Å²) in [4.78, 5) is 33.9. The lowest BCUT2D eigenvalue weighted by Gasteiger charge is -2.08. The van der Waals surface area contributed by atoms with Crippen LogP contribution in [0.2, 0.25) is 0 Å². The van der Waals surface area contributed by atoms with Crippen LogP contribution in [0.4, 0.5) is 5.82 Å². The largest absolute Gasteiger partial charge is 0.310 e. The van der Waals surface area contributed by atoms with Gasteiger partial charge in [-0.05, 0) is 29.3 Å². The molecule has 0 saturated carbocycles. The molecule has 0 atom stereocenters. The molecule has 1 amide bonds. The molecular weight excluding hydrogens is 406 g/mol. The fourth-order valence-corrected chi connectivity index (χ4v) is 4.30. The summed E-state index contributed by atoms with van der Waals surface area (Å²) in [5, 5.41) is 11.4. The van der Waals surface area contributed by atoms with Gasteiger partial charge in [0.05, 0.1) is 11.3 Å². The molecule has 4 aromatic rings. The van der Waals surface area contributed by atoms with Gasteiger partial charge in [0.2, 0.25) is 11.9 Å². The minimum absolute atomic E-state index is 0.154. The third-order valence-corrected chi connectivity index (χ3v) is 5.92. The number of hydrogen-bond acceptors (Lipinski definition) is 6. The van der Waals surface area contributed by atoms with Crippen molar-refractivity contribution in [2.24, 2.45) is 0 Å². The molecule has 0 aliphatic carbocycles. The van der Waals surface area contributed by atoms with Crippen molar-refractivity contribution in [1.29, 1.82) is 0 Å². The lowest BCUT2D eigenvalue weighted by Crippen LogP contribution is -2.20. The number of aryl methyl sites for hydroxylation is 1. The third-order valence-electron chi connectivity index (χ3n) is 4.15. The number of H-pyrrole nitrogens is 1. The second kappa shape index (κ2) is 8.54. The first-order valence-electron chi connectivity index (χ1n) is 9.19. The van der Waals surface area contributed by atoms with Gasteiger partial charge >= 0.3 is 0 Å². The molecule has 2 N–H and O–H groups in total. The highest BCUT2D eigenvalue weighted by Crippen LogP contribution is 2.27. The Bertz CT molecular complexity index is 1160. The highest BCUT2D eigenvalue weighted by atomic mass is 32.1. The Labute approximate surface area is 175 Å². The van der Waals surface area contributed by atoms with E-state index in [0.29, 0.717) is 23.6 Å². The molecule has 4 aromatic heterocycles. The average Bonchev–Trinajstić information content (AvgIpc) is 3.43. The molecule has 0 saturated heterocycles. The molecule has 0 aromatic carbocycles. The number of aromatic nitrogens is 4. The van der Waals surface area contributed by atoms with Gasteiger partial charge in [0.25, 0.3) is 5.56 Å². The number of nitrogens with zero attached hydrogens (tertiary/aromatic N) is 3. The van der Waals surface area contributed by atoms with E-state index in [9.17, 15) is 9.59 Å². The van der Waals surface area contributed by atoms with Gasteiger partial charge in [0.1, 0.15) is 11.5 Å². The van der Waals surface area contributed by atoms with Crippen LogP contribution in [-0.4, -0.2) is 25.7 Å². The smallest absolute Gasteiger partial charge is 0.252 e. The van der Waals surface area contributed by atoms with Crippen molar-refractivity contribution in [1.82, 2.24) is 19.7 Å². The number of aromatic amines is 1. The Morgan fingerprint density at radius 3 is 2.76 bits per heavy atom. The molecule has 0 radical (unpaired) electrons. The number of rotatable bonds is 7. The zero-order valence-electron chi connectivity index (χ0n) is 15.7. The average molecular weight is 426 g/mol. The van der Waals surface area contributed by atoms with Crippen LogP contribution in [0.1, 0.15) is 23.9 Å². The maximum Gasteiger partial charge on any atom is 0.252 e. The van der Waals surface area contributed by atoms with Crippen molar-refractivity contribution < 1.29 is 4.79 Å². The number of carbonyl (C=O) groups is 1. The summed E-state index contributed by atoms with van der Waals surface area (Å²) in [6, 6.07) is 11.0. The monoisotopic (exact) mass is 425 g/mol. The summed E-state index contributed by atoms with van der Waals surface area (Å²) in [5.74, 6) is 0.598. The predicted octanol–water partition coefficient (Wildman–Crippen LogP) is 3.88. The molecule has 7 nitrogen and oxygen atoms in total. The zero-order chi connectivity index (χ0) is 20.2. The van der Waals surface area contributed by atoms with Crippen LogP contribution in [0.5, 0.6) is 0 Å². The van der Waals surface area contributed by atoms with Gasteiger partial charge in [-0.25, -0.2) is 4.98 Å². The van der Waals surface area contributed by atoms with E-state index < -0.39 is 0 Å². The SMILES string of the molecule is CCCc1cc(=O)[nH]c(-n2nc(-c3cccs3)cc2NC(=O)Cc2cccs2)n1. The maximum absolute atomic E-state index is 12.6. The van der Waals surface area contributed by atoms with E-state index in [4.69, 9.17) is 0 Å². The van der Waals surface area contributed by atoms with E-state index in [1.807, 2.05) is 41.9 Å². The van der Waals surface area contributed by atoms with Gasteiger partial charge < -0.3 is 5.32 Å². The van der Waals surface area contributed by atoms with E-state index >= 15 is 0 Å². The minimum Gasteiger partial charge on any atom is -0.310 e. The van der Waals surface area contributed by atoms with Crippen molar-refractivity contribution in [3.05, 3.63) is 68.1 Å². The van der Waals surface area contributed by atoms with Crippen molar-refractivity contribution in [3.8, 4) is 16.5 Å². The van der Waals surface area contributed by atoms with Gasteiger partial charge in [0.15, 0.2) is 0 Å². The molecule has 0 aliphatic rings. The lowest BCUT2D eigenvalue weighted by molar-refractivity contribution is -0.115. The topological polar surface area (TPSA) is 92.7 Å². The molecule has 0 spiro atoms. The molecule has 29 heavy (non-hydrogen) atoms. The van der Waals surface area contributed by atoms with E-state index in [0.717, 1.165) is 16.2 Å². The summed E-state index contributed by atoms with van der Waals surface area (Å²) >= 11 is 3.08. The van der Waals surface area contributed by atoms with Crippen molar-refractivity contribution in [2.75, 3.05) is 5.32 Å². The van der Waals surface area contributed by atoms with Crippen LogP contribution in [0, 0.1) is 0 Å². The number of nitrogens with one attached hydrogen (secondary N) is 2. The number of amides is 1. The highest BCUT2D eigenvalue weighted by Gasteiger charge is 2.17. The summed E-state index contributed by atoms with van der Waals surface area (Å²) < 4.78 is 1.49. The first-order valence-corrected chi connectivity index (χ1v) is 10.9. The van der Waals surface area contributed by atoms with E-state index in [2.05, 4.69) is 20.4 Å². The number of anilines is 1. The van der Waals surface area contributed by atoms with Crippen LogP contribution in [-0.2, 0) is 17.6 Å². The first kappa shape index (κ1) is 19.3. The van der Waals surface area contributed by atoms with Crippen molar-refractivity contribution >= 4 is 34.4 Å². The maximum atomic E-state index is 12.6. The predicted molar refractivity (Wildman–Crippen MR) is 116 cm³/mol. The second-order valence-corrected chi connectivity index (χ2v) is 8.40. The van der Waals surface area contributed by atoms with E-state index in [1.54, 1.807) is 17.4 Å². The summed E-state index contributed by atoms with van der Waals surface area (Å²) in [6.45, 7) is 2.03. The summed E-state index contributed by atoms with van der Waals surface area (Å²) in [7, 11) is 0. The Balaban J connectivity index is 1.72. The van der Waals surface area contributed by atoms with Crippen molar-refractivity contribution in [2.45, 2.75) is 26.2 Å². The molecule has 0 fully saturated rings. The number of carbonyl (C=O) groups excluding carboxylic acids is 1. The van der Waals surface area contributed by atoms with Gasteiger partial charge in [-0.15, -0.1) is 22.7 Å². The molecule has 4 heterocycles. The zero-order valence-corrected chi connectivity index (χ0v) is 17.3. The number of thiophene rings is 2. The lowest BCUT2D eigenvalue weighted by atomic mass is 10.2. The van der Waals surface area contributed by atoms with Gasteiger partial charge in [-0.2, -0.15) is 9.78 Å². The first-order chi connectivity index (χ1) is 14.1. The Hall–Kier alpha value is -3.04. The van der Waals surface area contributed by atoms with Crippen LogP contribution >= 0.6 is 22.7 Å². The summed E-state index contributed by atoms with van der Waals surface area (Å²) in [5.41, 5.74) is 1.15. The molecule has 0 bridgehead atoms. The Kier molecular flexibility index (Phi) is 5.68. The second-order valence-electron chi connectivity index (χ2n) is 6.42. The van der Waals surface area contributed by atoms with Crippen LogP contribution in [0.3, 0.4) is 0 Å². The van der Waals surface area contributed by atoms with Gasteiger partial charge in [-0.1, -0.05) is 25.5 Å². The number of hydrogen-bond donors (Lipinski definition) is 2.